The average Bonchev–Trinajstić information content (AvgIpc) is 3.16. The topological polar surface area (TPSA) is 91.3 Å². The van der Waals surface area contributed by atoms with E-state index in [4.69, 9.17) is 4.98 Å². The van der Waals surface area contributed by atoms with Gasteiger partial charge in [0.2, 0.25) is 10.0 Å². The SMILES string of the molecule is Cc1ccc(-c2sc(N[C@H](C)C3CCCCC3)nc2C)cc1S(=O)(=O)N[C@H]1CC[C@@H](O)CC1. The molecule has 0 unspecified atom stereocenters. The van der Waals surface area contributed by atoms with Gasteiger partial charge in [0, 0.05) is 12.1 Å². The molecule has 182 valence electrons. The van der Waals surface area contributed by atoms with Crippen LogP contribution in [0.4, 0.5) is 5.13 Å². The predicted octanol–water partition coefficient (Wildman–Crippen LogP) is 5.39. The van der Waals surface area contributed by atoms with Gasteiger partial charge in [-0.25, -0.2) is 18.1 Å². The predicted molar refractivity (Wildman–Crippen MR) is 135 cm³/mol. The second kappa shape index (κ2) is 10.4. The van der Waals surface area contributed by atoms with Crippen molar-refractivity contribution in [2.45, 2.75) is 102 Å². The highest BCUT2D eigenvalue weighted by Crippen LogP contribution is 2.36. The molecule has 1 heterocycles. The number of benzene rings is 1. The van der Waals surface area contributed by atoms with Crippen LogP contribution >= 0.6 is 11.3 Å². The van der Waals surface area contributed by atoms with Gasteiger partial charge in [-0.3, -0.25) is 0 Å². The minimum absolute atomic E-state index is 0.122. The maximum absolute atomic E-state index is 13.2. The number of anilines is 1. The van der Waals surface area contributed by atoms with Crippen LogP contribution in [0.2, 0.25) is 0 Å². The van der Waals surface area contributed by atoms with E-state index in [-0.39, 0.29) is 12.1 Å². The lowest BCUT2D eigenvalue weighted by Crippen LogP contribution is -2.38. The fourth-order valence-electron chi connectivity index (χ4n) is 5.18. The number of hydrogen-bond acceptors (Lipinski definition) is 6. The molecule has 0 amide bonds. The van der Waals surface area contributed by atoms with Crippen LogP contribution < -0.4 is 10.0 Å². The van der Waals surface area contributed by atoms with E-state index in [1.807, 2.05) is 26.0 Å². The Morgan fingerprint density at radius 1 is 1.06 bits per heavy atom. The molecule has 4 rings (SSSR count). The van der Waals surface area contributed by atoms with Gasteiger partial charge in [0.1, 0.15) is 0 Å². The fraction of sp³-hybridized carbons (Fsp3) is 0.640. The second-order valence-corrected chi connectivity index (χ2v) is 12.6. The molecule has 33 heavy (non-hydrogen) atoms. The molecule has 0 bridgehead atoms. The van der Waals surface area contributed by atoms with Crippen LogP contribution in [0.1, 0.15) is 76.0 Å². The maximum Gasteiger partial charge on any atom is 0.241 e. The van der Waals surface area contributed by atoms with Crippen molar-refractivity contribution in [3.8, 4) is 10.4 Å². The van der Waals surface area contributed by atoms with Gasteiger partial charge in [-0.1, -0.05) is 42.7 Å². The lowest BCUT2D eigenvalue weighted by molar-refractivity contribution is 0.120. The molecular weight excluding hydrogens is 454 g/mol. The van der Waals surface area contributed by atoms with E-state index < -0.39 is 10.0 Å². The Hall–Kier alpha value is -1.48. The van der Waals surface area contributed by atoms with E-state index in [0.717, 1.165) is 26.8 Å². The Balaban J connectivity index is 1.52. The Morgan fingerprint density at radius 2 is 1.76 bits per heavy atom. The average molecular weight is 492 g/mol. The van der Waals surface area contributed by atoms with Crippen LogP contribution in [0.25, 0.3) is 10.4 Å². The quantitative estimate of drug-likeness (QED) is 0.483. The normalized spacial score (nSPS) is 23.4. The van der Waals surface area contributed by atoms with E-state index in [9.17, 15) is 13.5 Å². The van der Waals surface area contributed by atoms with Crippen LogP contribution in [-0.2, 0) is 10.0 Å². The standard InChI is InChI=1S/C25H37N3O3S2/c1-16-9-10-20(15-23(16)33(30,31)28-21-11-13-22(29)14-12-21)24-18(3)27-25(32-24)26-17(2)19-7-5-4-6-8-19/h9-10,15,17,19,21-22,28-29H,4-8,11-14H2,1-3H3,(H,26,27)/t17-,21-,22+/m1/s1. The molecule has 1 aromatic carbocycles. The number of thiazole rings is 1. The van der Waals surface area contributed by atoms with Crippen molar-refractivity contribution in [1.29, 1.82) is 0 Å². The first-order chi connectivity index (χ1) is 15.7. The van der Waals surface area contributed by atoms with Crippen LogP contribution in [0.5, 0.6) is 0 Å². The summed E-state index contributed by atoms with van der Waals surface area (Å²) in [5, 5.41) is 14.2. The lowest BCUT2D eigenvalue weighted by atomic mass is 9.85. The number of aryl methyl sites for hydroxylation is 2. The summed E-state index contributed by atoms with van der Waals surface area (Å²) >= 11 is 1.60. The van der Waals surface area contributed by atoms with E-state index >= 15 is 0 Å². The summed E-state index contributed by atoms with van der Waals surface area (Å²) in [4.78, 5) is 6.08. The Kier molecular flexibility index (Phi) is 7.78. The Morgan fingerprint density at radius 3 is 2.45 bits per heavy atom. The largest absolute Gasteiger partial charge is 0.393 e. The van der Waals surface area contributed by atoms with Gasteiger partial charge in [-0.2, -0.15) is 0 Å². The van der Waals surface area contributed by atoms with Gasteiger partial charge in [0.25, 0.3) is 0 Å². The van der Waals surface area contributed by atoms with Crippen LogP contribution in [0.15, 0.2) is 23.1 Å². The zero-order valence-electron chi connectivity index (χ0n) is 19.9. The van der Waals surface area contributed by atoms with Crippen molar-refractivity contribution < 1.29 is 13.5 Å². The first kappa shape index (κ1) is 24.6. The number of nitrogens with one attached hydrogen (secondary N) is 2. The highest BCUT2D eigenvalue weighted by molar-refractivity contribution is 7.89. The summed E-state index contributed by atoms with van der Waals surface area (Å²) in [6.45, 7) is 6.07. The third kappa shape index (κ3) is 5.96. The monoisotopic (exact) mass is 491 g/mol. The lowest BCUT2D eigenvalue weighted by Gasteiger charge is -2.28. The first-order valence-corrected chi connectivity index (χ1v) is 14.6. The Labute approximate surface area is 202 Å². The number of aromatic nitrogens is 1. The van der Waals surface area contributed by atoms with Crippen molar-refractivity contribution in [3.63, 3.8) is 0 Å². The van der Waals surface area contributed by atoms with Gasteiger partial charge in [0.15, 0.2) is 5.13 Å². The van der Waals surface area contributed by atoms with Crippen LogP contribution in [-0.4, -0.2) is 36.7 Å². The highest BCUT2D eigenvalue weighted by Gasteiger charge is 2.27. The molecule has 2 aromatic rings. The number of aliphatic hydroxyl groups is 1. The number of aliphatic hydroxyl groups excluding tert-OH is 1. The molecule has 3 N–H and O–H groups in total. The smallest absolute Gasteiger partial charge is 0.241 e. The van der Waals surface area contributed by atoms with Gasteiger partial charge in [-0.15, -0.1) is 0 Å². The molecule has 0 radical (unpaired) electrons. The molecule has 2 aliphatic carbocycles. The second-order valence-electron chi connectivity index (χ2n) is 9.87. The maximum atomic E-state index is 13.2. The molecule has 2 saturated carbocycles. The van der Waals surface area contributed by atoms with Gasteiger partial charge in [0.05, 0.1) is 21.6 Å². The van der Waals surface area contributed by atoms with Crippen LogP contribution in [0.3, 0.4) is 0 Å². The summed E-state index contributed by atoms with van der Waals surface area (Å²) in [5.74, 6) is 0.689. The first-order valence-electron chi connectivity index (χ1n) is 12.3. The summed E-state index contributed by atoms with van der Waals surface area (Å²) in [7, 11) is -3.64. The van der Waals surface area contributed by atoms with Gasteiger partial charge < -0.3 is 10.4 Å². The molecule has 0 spiro atoms. The molecule has 1 atom stereocenters. The van der Waals surface area contributed by atoms with Gasteiger partial charge in [-0.05, 0) is 82.4 Å². The zero-order chi connectivity index (χ0) is 23.6. The van der Waals surface area contributed by atoms with E-state index in [1.54, 1.807) is 17.4 Å². The van der Waals surface area contributed by atoms with E-state index in [2.05, 4.69) is 17.0 Å². The third-order valence-corrected chi connectivity index (χ3v) is 10.1. The number of hydrogen-bond donors (Lipinski definition) is 3. The molecule has 0 saturated heterocycles. The van der Waals surface area contributed by atoms with Crippen molar-refractivity contribution in [2.75, 3.05) is 5.32 Å². The highest BCUT2D eigenvalue weighted by atomic mass is 32.2. The zero-order valence-corrected chi connectivity index (χ0v) is 21.6. The number of sulfonamides is 1. The molecule has 0 aliphatic heterocycles. The van der Waals surface area contributed by atoms with Gasteiger partial charge >= 0.3 is 0 Å². The molecule has 1 aromatic heterocycles. The fourth-order valence-corrected chi connectivity index (χ4v) is 7.81. The summed E-state index contributed by atoms with van der Waals surface area (Å²) in [6.07, 6.45) is 8.83. The number of nitrogens with zero attached hydrogens (tertiary/aromatic N) is 1. The molecule has 8 heteroatoms. The molecular formula is C25H37N3O3S2. The van der Waals surface area contributed by atoms with Crippen molar-refractivity contribution in [1.82, 2.24) is 9.71 Å². The molecule has 2 aliphatic rings. The Bertz CT molecular complexity index is 1050. The van der Waals surface area contributed by atoms with E-state index in [0.29, 0.717) is 42.5 Å². The third-order valence-electron chi connectivity index (χ3n) is 7.26. The minimum atomic E-state index is -3.64. The summed E-state index contributed by atoms with van der Waals surface area (Å²) < 4.78 is 29.3. The summed E-state index contributed by atoms with van der Waals surface area (Å²) in [6, 6.07) is 5.91. The van der Waals surface area contributed by atoms with Crippen LogP contribution in [0, 0.1) is 19.8 Å². The molecule has 6 nitrogen and oxygen atoms in total. The summed E-state index contributed by atoms with van der Waals surface area (Å²) in [5.41, 5.74) is 2.53. The van der Waals surface area contributed by atoms with Crippen molar-refractivity contribution in [3.05, 3.63) is 29.5 Å². The van der Waals surface area contributed by atoms with Crippen molar-refractivity contribution in [2.24, 2.45) is 5.92 Å². The minimum Gasteiger partial charge on any atom is -0.393 e. The molecule has 2 fully saturated rings. The van der Waals surface area contributed by atoms with E-state index in [1.165, 1.54) is 32.1 Å². The van der Waals surface area contributed by atoms with Crippen molar-refractivity contribution >= 4 is 26.5 Å². The number of rotatable bonds is 7.